The number of benzene rings is 2. The molecule has 1 saturated heterocycles. The number of nitrogens with zero attached hydrogens (tertiary/aromatic N) is 1. The molecule has 2 aromatic rings. The molecule has 3 rings (SSSR count). The Bertz CT molecular complexity index is 723. The third kappa shape index (κ3) is 5.21. The van der Waals surface area contributed by atoms with Crippen LogP contribution in [0.3, 0.4) is 0 Å². The minimum atomic E-state index is -0.175. The summed E-state index contributed by atoms with van der Waals surface area (Å²) in [5.41, 5.74) is 2.42. The summed E-state index contributed by atoms with van der Waals surface area (Å²) in [4.78, 5) is 14.9. The van der Waals surface area contributed by atoms with E-state index in [1.54, 1.807) is 18.2 Å². The van der Waals surface area contributed by atoms with Gasteiger partial charge in [-0.05, 0) is 61.8 Å². The molecule has 0 radical (unpaired) electrons. The van der Waals surface area contributed by atoms with Gasteiger partial charge >= 0.3 is 0 Å². The number of likely N-dealkylation sites (tertiary alicyclic amines) is 1. The number of nitrogens with one attached hydrogen (secondary N) is 1. The summed E-state index contributed by atoms with van der Waals surface area (Å²) in [5.74, 6) is -0.175. The lowest BCUT2D eigenvalue weighted by molar-refractivity contribution is 0.102. The van der Waals surface area contributed by atoms with Crippen LogP contribution >= 0.6 is 23.2 Å². The molecule has 0 spiro atoms. The molecule has 25 heavy (non-hydrogen) atoms. The molecule has 1 aliphatic rings. The first-order valence-corrected chi connectivity index (χ1v) is 9.45. The van der Waals surface area contributed by atoms with Crippen LogP contribution in [0.4, 0.5) is 5.69 Å². The van der Waals surface area contributed by atoms with Crippen molar-refractivity contribution in [2.75, 3.05) is 18.4 Å². The Balaban J connectivity index is 1.62. The quantitative estimate of drug-likeness (QED) is 0.750. The topological polar surface area (TPSA) is 32.3 Å². The summed E-state index contributed by atoms with van der Waals surface area (Å²) >= 11 is 12.0. The SMILES string of the molecule is O=C(Nc1ccc(Cl)cc1Cl)c1ccc(CN2CCCCCC2)cc1. The fourth-order valence-corrected chi connectivity index (χ4v) is 3.56. The van der Waals surface area contributed by atoms with Crippen LogP contribution in [-0.2, 0) is 6.54 Å². The molecule has 0 saturated carbocycles. The Kier molecular flexibility index (Phi) is 6.35. The van der Waals surface area contributed by atoms with Gasteiger partial charge < -0.3 is 5.32 Å². The first-order valence-electron chi connectivity index (χ1n) is 8.69. The first kappa shape index (κ1) is 18.2. The standard InChI is InChI=1S/C20H22Cl2N2O/c21-17-9-10-19(18(22)13-17)23-20(25)16-7-5-15(6-8-16)14-24-11-3-1-2-4-12-24/h5-10,13H,1-4,11-12,14H2,(H,23,25). The molecule has 0 unspecified atom stereocenters. The van der Waals surface area contributed by atoms with Gasteiger partial charge in [-0.15, -0.1) is 0 Å². The van der Waals surface area contributed by atoms with Crippen molar-refractivity contribution in [1.29, 1.82) is 0 Å². The Morgan fingerprint density at radius 2 is 1.64 bits per heavy atom. The van der Waals surface area contributed by atoms with Gasteiger partial charge in [0.15, 0.2) is 0 Å². The molecule has 5 heteroatoms. The van der Waals surface area contributed by atoms with Gasteiger partial charge in [-0.3, -0.25) is 9.69 Å². The van der Waals surface area contributed by atoms with Gasteiger partial charge in [0.05, 0.1) is 10.7 Å². The summed E-state index contributed by atoms with van der Waals surface area (Å²) in [6, 6.07) is 12.8. The van der Waals surface area contributed by atoms with Crippen molar-refractivity contribution in [3.8, 4) is 0 Å². The van der Waals surface area contributed by atoms with E-state index >= 15 is 0 Å². The number of carbonyl (C=O) groups is 1. The molecular weight excluding hydrogens is 355 g/mol. The second-order valence-electron chi connectivity index (χ2n) is 6.47. The molecule has 1 amide bonds. The van der Waals surface area contributed by atoms with E-state index in [1.165, 1.54) is 31.2 Å². The Morgan fingerprint density at radius 1 is 0.960 bits per heavy atom. The molecule has 3 nitrogen and oxygen atoms in total. The van der Waals surface area contributed by atoms with Crippen molar-refractivity contribution in [3.05, 3.63) is 63.6 Å². The summed E-state index contributed by atoms with van der Waals surface area (Å²) in [6.07, 6.45) is 5.23. The van der Waals surface area contributed by atoms with E-state index in [0.717, 1.165) is 19.6 Å². The predicted octanol–water partition coefficient (Wildman–Crippen LogP) is 5.62. The maximum Gasteiger partial charge on any atom is 0.255 e. The Labute approximate surface area is 158 Å². The first-order chi connectivity index (χ1) is 12.1. The van der Waals surface area contributed by atoms with Gasteiger partial charge in [-0.1, -0.05) is 48.2 Å². The third-order valence-corrected chi connectivity index (χ3v) is 5.05. The Morgan fingerprint density at radius 3 is 2.28 bits per heavy atom. The second-order valence-corrected chi connectivity index (χ2v) is 7.31. The molecule has 0 aliphatic carbocycles. The highest BCUT2D eigenvalue weighted by molar-refractivity contribution is 6.36. The van der Waals surface area contributed by atoms with Gasteiger partial charge in [0.25, 0.3) is 5.91 Å². The number of hydrogen-bond donors (Lipinski definition) is 1. The van der Waals surface area contributed by atoms with Crippen LogP contribution in [-0.4, -0.2) is 23.9 Å². The van der Waals surface area contributed by atoms with Crippen LogP contribution in [0.2, 0.25) is 10.0 Å². The molecule has 1 fully saturated rings. The van der Waals surface area contributed by atoms with Crippen LogP contribution in [0.25, 0.3) is 0 Å². The number of anilines is 1. The largest absolute Gasteiger partial charge is 0.321 e. The van der Waals surface area contributed by atoms with Gasteiger partial charge in [0.2, 0.25) is 0 Å². The van der Waals surface area contributed by atoms with E-state index in [1.807, 2.05) is 24.3 Å². The number of amides is 1. The average Bonchev–Trinajstić information content (AvgIpc) is 2.87. The molecule has 1 heterocycles. The van der Waals surface area contributed by atoms with E-state index in [4.69, 9.17) is 23.2 Å². The third-order valence-electron chi connectivity index (χ3n) is 4.50. The summed E-state index contributed by atoms with van der Waals surface area (Å²) in [5, 5.41) is 3.79. The number of halogens is 2. The van der Waals surface area contributed by atoms with Crippen molar-refractivity contribution in [3.63, 3.8) is 0 Å². The zero-order valence-corrected chi connectivity index (χ0v) is 15.6. The number of rotatable bonds is 4. The van der Waals surface area contributed by atoms with Crippen LogP contribution in [0.1, 0.15) is 41.6 Å². The lowest BCUT2D eigenvalue weighted by Gasteiger charge is -2.19. The highest BCUT2D eigenvalue weighted by Gasteiger charge is 2.11. The zero-order chi connectivity index (χ0) is 17.6. The van der Waals surface area contributed by atoms with E-state index < -0.39 is 0 Å². The molecule has 2 aromatic carbocycles. The summed E-state index contributed by atoms with van der Waals surface area (Å²) in [7, 11) is 0. The van der Waals surface area contributed by atoms with Crippen LogP contribution < -0.4 is 5.32 Å². The fraction of sp³-hybridized carbons (Fsp3) is 0.350. The number of hydrogen-bond acceptors (Lipinski definition) is 2. The normalized spacial score (nSPS) is 15.6. The van der Waals surface area contributed by atoms with E-state index in [9.17, 15) is 4.79 Å². The summed E-state index contributed by atoms with van der Waals surface area (Å²) < 4.78 is 0. The van der Waals surface area contributed by atoms with Gasteiger partial charge in [0, 0.05) is 17.1 Å². The summed E-state index contributed by atoms with van der Waals surface area (Å²) in [6.45, 7) is 3.28. The maximum absolute atomic E-state index is 12.4. The van der Waals surface area contributed by atoms with Crippen molar-refractivity contribution in [1.82, 2.24) is 4.90 Å². The second kappa shape index (κ2) is 8.70. The minimum Gasteiger partial charge on any atom is -0.321 e. The van der Waals surface area contributed by atoms with Crippen LogP contribution in [0.15, 0.2) is 42.5 Å². The Hall–Kier alpha value is -1.55. The molecule has 1 N–H and O–H groups in total. The van der Waals surface area contributed by atoms with Gasteiger partial charge in [0.1, 0.15) is 0 Å². The highest BCUT2D eigenvalue weighted by atomic mass is 35.5. The van der Waals surface area contributed by atoms with Crippen molar-refractivity contribution < 1.29 is 4.79 Å². The predicted molar refractivity (Wildman–Crippen MR) is 105 cm³/mol. The van der Waals surface area contributed by atoms with E-state index in [0.29, 0.717) is 21.3 Å². The molecule has 0 bridgehead atoms. The highest BCUT2D eigenvalue weighted by Crippen LogP contribution is 2.26. The number of carbonyl (C=O) groups excluding carboxylic acids is 1. The maximum atomic E-state index is 12.4. The fourth-order valence-electron chi connectivity index (χ4n) is 3.10. The molecular formula is C20H22Cl2N2O. The van der Waals surface area contributed by atoms with Gasteiger partial charge in [-0.25, -0.2) is 0 Å². The molecule has 1 aliphatic heterocycles. The van der Waals surface area contributed by atoms with Crippen molar-refractivity contribution in [2.24, 2.45) is 0 Å². The van der Waals surface area contributed by atoms with Crippen molar-refractivity contribution in [2.45, 2.75) is 32.2 Å². The van der Waals surface area contributed by atoms with E-state index in [-0.39, 0.29) is 5.91 Å². The lowest BCUT2D eigenvalue weighted by Crippen LogP contribution is -2.24. The average molecular weight is 377 g/mol. The van der Waals surface area contributed by atoms with Crippen LogP contribution in [0, 0.1) is 0 Å². The monoisotopic (exact) mass is 376 g/mol. The molecule has 0 aromatic heterocycles. The smallest absolute Gasteiger partial charge is 0.255 e. The van der Waals surface area contributed by atoms with E-state index in [2.05, 4.69) is 10.2 Å². The molecule has 0 atom stereocenters. The zero-order valence-electron chi connectivity index (χ0n) is 14.1. The minimum absolute atomic E-state index is 0.175. The lowest BCUT2D eigenvalue weighted by atomic mass is 10.1. The van der Waals surface area contributed by atoms with Gasteiger partial charge in [-0.2, -0.15) is 0 Å². The molecule has 132 valence electrons. The van der Waals surface area contributed by atoms with Crippen molar-refractivity contribution >= 4 is 34.8 Å². The van der Waals surface area contributed by atoms with Crippen LogP contribution in [0.5, 0.6) is 0 Å².